The van der Waals surface area contributed by atoms with Gasteiger partial charge in [0, 0.05) is 6.04 Å². The summed E-state index contributed by atoms with van der Waals surface area (Å²) >= 11 is 0. The zero-order valence-corrected chi connectivity index (χ0v) is 12.6. The summed E-state index contributed by atoms with van der Waals surface area (Å²) in [5, 5.41) is 3.77. The van der Waals surface area contributed by atoms with Crippen molar-refractivity contribution in [2.24, 2.45) is 17.8 Å². The Labute approximate surface area is 114 Å². The summed E-state index contributed by atoms with van der Waals surface area (Å²) in [5.41, 5.74) is 0. The van der Waals surface area contributed by atoms with Crippen LogP contribution in [0.2, 0.25) is 0 Å². The first-order valence-electron chi connectivity index (χ1n) is 8.56. The molecule has 0 aromatic carbocycles. The van der Waals surface area contributed by atoms with Crippen molar-refractivity contribution in [2.75, 3.05) is 6.54 Å². The fourth-order valence-corrected chi connectivity index (χ4v) is 4.32. The van der Waals surface area contributed by atoms with Crippen molar-refractivity contribution < 1.29 is 0 Å². The molecule has 2 rings (SSSR count). The van der Waals surface area contributed by atoms with E-state index >= 15 is 0 Å². The summed E-state index contributed by atoms with van der Waals surface area (Å²) in [7, 11) is 0. The topological polar surface area (TPSA) is 12.0 Å². The molecule has 0 aliphatic heterocycles. The fraction of sp³-hybridized carbons (Fsp3) is 1.00. The molecule has 0 aromatic heterocycles. The van der Waals surface area contributed by atoms with Gasteiger partial charge in [-0.05, 0) is 50.0 Å². The second-order valence-electron chi connectivity index (χ2n) is 6.78. The van der Waals surface area contributed by atoms with Gasteiger partial charge in [0.25, 0.3) is 0 Å². The van der Waals surface area contributed by atoms with Crippen LogP contribution >= 0.6 is 0 Å². The zero-order valence-electron chi connectivity index (χ0n) is 12.6. The minimum absolute atomic E-state index is 0.839. The Kier molecular flexibility index (Phi) is 6.01. The van der Waals surface area contributed by atoms with Crippen LogP contribution in [0.15, 0.2) is 0 Å². The molecule has 0 aromatic rings. The van der Waals surface area contributed by atoms with Crippen LogP contribution in [0.5, 0.6) is 0 Å². The maximum absolute atomic E-state index is 3.77. The van der Waals surface area contributed by atoms with E-state index in [0.717, 1.165) is 23.8 Å². The molecule has 2 saturated carbocycles. The fourth-order valence-electron chi connectivity index (χ4n) is 4.32. The predicted octanol–water partition coefficient (Wildman–Crippen LogP) is 4.76. The van der Waals surface area contributed by atoms with Crippen LogP contribution in [0.25, 0.3) is 0 Å². The molecule has 106 valence electrons. The molecule has 0 amide bonds. The van der Waals surface area contributed by atoms with Crippen molar-refractivity contribution in [3.05, 3.63) is 0 Å². The maximum Gasteiger partial charge on any atom is 0.00698 e. The monoisotopic (exact) mass is 251 g/mol. The van der Waals surface area contributed by atoms with Crippen LogP contribution in [0.4, 0.5) is 0 Å². The molecule has 2 aliphatic rings. The summed E-state index contributed by atoms with van der Waals surface area (Å²) in [5.74, 6) is 3.16. The highest BCUT2D eigenvalue weighted by Crippen LogP contribution is 2.41. The van der Waals surface area contributed by atoms with Crippen LogP contribution in [-0.4, -0.2) is 12.6 Å². The molecule has 2 aliphatic carbocycles. The van der Waals surface area contributed by atoms with Crippen molar-refractivity contribution in [3.63, 3.8) is 0 Å². The molecule has 0 heterocycles. The largest absolute Gasteiger partial charge is 0.314 e. The number of hydrogen-bond acceptors (Lipinski definition) is 1. The van der Waals surface area contributed by atoms with Gasteiger partial charge in [-0.25, -0.2) is 0 Å². The average molecular weight is 251 g/mol. The lowest BCUT2D eigenvalue weighted by atomic mass is 9.69. The molecule has 0 saturated heterocycles. The number of nitrogens with one attached hydrogen (secondary N) is 1. The van der Waals surface area contributed by atoms with Crippen molar-refractivity contribution in [3.8, 4) is 0 Å². The van der Waals surface area contributed by atoms with E-state index in [1.165, 1.54) is 64.3 Å². The lowest BCUT2D eigenvalue weighted by Crippen LogP contribution is -2.37. The van der Waals surface area contributed by atoms with Gasteiger partial charge in [-0.2, -0.15) is 0 Å². The van der Waals surface area contributed by atoms with Crippen LogP contribution in [0.3, 0.4) is 0 Å². The van der Waals surface area contributed by atoms with E-state index in [0.29, 0.717) is 0 Å². The molecule has 4 unspecified atom stereocenters. The van der Waals surface area contributed by atoms with Gasteiger partial charge in [0.2, 0.25) is 0 Å². The Hall–Kier alpha value is -0.0400. The van der Waals surface area contributed by atoms with Gasteiger partial charge < -0.3 is 5.32 Å². The van der Waals surface area contributed by atoms with Gasteiger partial charge in [0.05, 0.1) is 0 Å². The molecule has 2 fully saturated rings. The van der Waals surface area contributed by atoms with E-state index in [9.17, 15) is 0 Å². The third-order valence-electron chi connectivity index (χ3n) is 5.47. The Balaban J connectivity index is 1.80. The summed E-state index contributed by atoms with van der Waals surface area (Å²) in [6.45, 7) is 5.89. The van der Waals surface area contributed by atoms with Crippen molar-refractivity contribution in [1.29, 1.82) is 0 Å². The van der Waals surface area contributed by atoms with Gasteiger partial charge in [0.15, 0.2) is 0 Å². The van der Waals surface area contributed by atoms with Crippen molar-refractivity contribution in [1.82, 2.24) is 5.32 Å². The van der Waals surface area contributed by atoms with E-state index in [-0.39, 0.29) is 0 Å². The molecular formula is C17H33N. The summed E-state index contributed by atoms with van der Waals surface area (Å²) in [6.07, 6.45) is 14.7. The van der Waals surface area contributed by atoms with Gasteiger partial charge in [-0.15, -0.1) is 0 Å². The van der Waals surface area contributed by atoms with Gasteiger partial charge in [-0.1, -0.05) is 52.4 Å². The first-order valence-corrected chi connectivity index (χ1v) is 8.56. The Morgan fingerprint density at radius 3 is 2.33 bits per heavy atom. The van der Waals surface area contributed by atoms with E-state index in [1.54, 1.807) is 6.42 Å². The van der Waals surface area contributed by atoms with Crippen LogP contribution in [-0.2, 0) is 0 Å². The second-order valence-corrected chi connectivity index (χ2v) is 6.78. The van der Waals surface area contributed by atoms with Gasteiger partial charge >= 0.3 is 0 Å². The van der Waals surface area contributed by atoms with E-state index in [1.807, 2.05) is 0 Å². The second kappa shape index (κ2) is 7.53. The molecule has 18 heavy (non-hydrogen) atoms. The standard InChI is InChI=1S/C17H33N/c1-3-11-18-17-10-6-9-16(13-17)15-8-5-7-14(4-2)12-15/h14-18H,3-13H2,1-2H3. The SMILES string of the molecule is CCCNC1CCCC(C2CCCC(CC)C2)C1. The molecule has 0 bridgehead atoms. The lowest BCUT2D eigenvalue weighted by molar-refractivity contribution is 0.141. The van der Waals surface area contributed by atoms with E-state index < -0.39 is 0 Å². The Morgan fingerprint density at radius 1 is 0.889 bits per heavy atom. The Morgan fingerprint density at radius 2 is 1.61 bits per heavy atom. The van der Waals surface area contributed by atoms with E-state index in [4.69, 9.17) is 0 Å². The first-order chi connectivity index (χ1) is 8.83. The third-order valence-corrected chi connectivity index (χ3v) is 5.47. The molecule has 0 radical (unpaired) electrons. The molecule has 1 heteroatoms. The number of hydrogen-bond donors (Lipinski definition) is 1. The molecule has 1 nitrogen and oxygen atoms in total. The van der Waals surface area contributed by atoms with Crippen molar-refractivity contribution in [2.45, 2.75) is 84.1 Å². The first kappa shape index (κ1) is 14.4. The van der Waals surface area contributed by atoms with Crippen LogP contribution < -0.4 is 5.32 Å². The number of rotatable bonds is 5. The zero-order chi connectivity index (χ0) is 12.8. The highest BCUT2D eigenvalue weighted by molar-refractivity contribution is 4.85. The highest BCUT2D eigenvalue weighted by atomic mass is 14.9. The summed E-state index contributed by atoms with van der Waals surface area (Å²) < 4.78 is 0. The summed E-state index contributed by atoms with van der Waals surface area (Å²) in [4.78, 5) is 0. The molecular weight excluding hydrogens is 218 g/mol. The van der Waals surface area contributed by atoms with E-state index in [2.05, 4.69) is 19.2 Å². The lowest BCUT2D eigenvalue weighted by Gasteiger charge is -2.39. The molecule has 4 atom stereocenters. The van der Waals surface area contributed by atoms with Crippen molar-refractivity contribution >= 4 is 0 Å². The van der Waals surface area contributed by atoms with Gasteiger partial charge in [0.1, 0.15) is 0 Å². The highest BCUT2D eigenvalue weighted by Gasteiger charge is 2.31. The molecule has 0 spiro atoms. The Bertz CT molecular complexity index is 226. The predicted molar refractivity (Wildman–Crippen MR) is 79.8 cm³/mol. The average Bonchev–Trinajstić information content (AvgIpc) is 2.45. The summed E-state index contributed by atoms with van der Waals surface area (Å²) in [6, 6.07) is 0.839. The minimum atomic E-state index is 0.839. The third kappa shape index (κ3) is 3.98. The minimum Gasteiger partial charge on any atom is -0.314 e. The molecule has 1 N–H and O–H groups in total. The maximum atomic E-state index is 3.77. The quantitative estimate of drug-likeness (QED) is 0.743. The van der Waals surface area contributed by atoms with Gasteiger partial charge in [-0.3, -0.25) is 0 Å². The van der Waals surface area contributed by atoms with Crippen LogP contribution in [0.1, 0.15) is 78.1 Å². The normalized spacial score (nSPS) is 37.7. The van der Waals surface area contributed by atoms with Crippen LogP contribution in [0, 0.1) is 17.8 Å². The smallest absolute Gasteiger partial charge is 0.00698 e.